The van der Waals surface area contributed by atoms with E-state index >= 15 is 0 Å². The van der Waals surface area contributed by atoms with Crippen molar-refractivity contribution in [1.82, 2.24) is 4.90 Å². The number of hydrogen-bond donors (Lipinski definition) is 0. The minimum Gasteiger partial charge on any atom is -0.459 e. The summed E-state index contributed by atoms with van der Waals surface area (Å²) in [5.74, 6) is -2.39. The fraction of sp³-hybridized carbons (Fsp3) is 0.222. The summed E-state index contributed by atoms with van der Waals surface area (Å²) in [4.78, 5) is 40.6. The van der Waals surface area contributed by atoms with Crippen LogP contribution < -0.4 is 0 Å². The molecule has 0 spiro atoms. The summed E-state index contributed by atoms with van der Waals surface area (Å²) in [7, 11) is 0. The van der Waals surface area contributed by atoms with E-state index in [0.717, 1.165) is 32.7 Å². The van der Waals surface area contributed by atoms with Gasteiger partial charge in [0.25, 0.3) is 0 Å². The molecule has 0 N–H and O–H groups in total. The topological polar surface area (TPSA) is 63.7 Å². The summed E-state index contributed by atoms with van der Waals surface area (Å²) in [5.41, 5.74) is 5.33. The molecule has 3 aromatic carbocycles. The summed E-state index contributed by atoms with van der Waals surface area (Å²) in [6.45, 7) is -0.228. The third-order valence-corrected chi connectivity index (χ3v) is 7.07. The number of hydrogen-bond acceptors (Lipinski definition) is 4. The van der Waals surface area contributed by atoms with Crippen molar-refractivity contribution >= 4 is 17.8 Å². The molecule has 1 fully saturated rings. The van der Waals surface area contributed by atoms with Gasteiger partial charge in [-0.2, -0.15) is 0 Å². The Balaban J connectivity index is 1.30. The summed E-state index contributed by atoms with van der Waals surface area (Å²) in [5, 5.41) is 0. The van der Waals surface area contributed by atoms with E-state index in [-0.39, 0.29) is 36.8 Å². The third-order valence-electron chi connectivity index (χ3n) is 7.07. The minimum atomic E-state index is -0.573. The van der Waals surface area contributed by atoms with Crippen molar-refractivity contribution in [2.75, 3.05) is 6.54 Å². The van der Waals surface area contributed by atoms with Gasteiger partial charge in [0.1, 0.15) is 13.2 Å². The molecule has 1 saturated heterocycles. The summed E-state index contributed by atoms with van der Waals surface area (Å²) in [6, 6.07) is 25.5. The van der Waals surface area contributed by atoms with E-state index in [1.807, 2.05) is 54.6 Å². The highest BCUT2D eigenvalue weighted by Crippen LogP contribution is 2.60. The highest BCUT2D eigenvalue weighted by atomic mass is 16.5. The molecule has 4 aliphatic rings. The molecule has 2 amide bonds. The van der Waals surface area contributed by atoms with Gasteiger partial charge >= 0.3 is 5.97 Å². The van der Waals surface area contributed by atoms with Crippen LogP contribution in [-0.4, -0.2) is 29.2 Å². The maximum absolute atomic E-state index is 13.5. The zero-order chi connectivity index (χ0) is 21.8. The second kappa shape index (κ2) is 7.16. The number of nitrogens with zero attached hydrogens (tertiary/aromatic N) is 1. The second-order valence-corrected chi connectivity index (χ2v) is 8.67. The van der Waals surface area contributed by atoms with Gasteiger partial charge in [-0.1, -0.05) is 78.9 Å². The molecule has 5 nitrogen and oxygen atoms in total. The van der Waals surface area contributed by atoms with Crippen LogP contribution in [0.2, 0.25) is 0 Å². The van der Waals surface area contributed by atoms with E-state index in [1.54, 1.807) is 0 Å². The summed E-state index contributed by atoms with van der Waals surface area (Å²) >= 11 is 0. The van der Waals surface area contributed by atoms with Gasteiger partial charge in [0, 0.05) is 11.8 Å². The Kier molecular flexibility index (Phi) is 4.25. The third kappa shape index (κ3) is 2.67. The van der Waals surface area contributed by atoms with Gasteiger partial charge in [-0.3, -0.25) is 19.3 Å². The monoisotopic (exact) mass is 423 g/mol. The van der Waals surface area contributed by atoms with Crippen LogP contribution in [0, 0.1) is 11.8 Å². The Hall–Kier alpha value is -3.73. The van der Waals surface area contributed by atoms with Gasteiger partial charge < -0.3 is 4.74 Å². The van der Waals surface area contributed by atoms with E-state index in [0.29, 0.717) is 0 Å². The zero-order valence-electron chi connectivity index (χ0n) is 17.3. The zero-order valence-corrected chi connectivity index (χ0v) is 17.3. The van der Waals surface area contributed by atoms with E-state index in [2.05, 4.69) is 24.3 Å². The van der Waals surface area contributed by atoms with Crippen LogP contribution in [0.1, 0.15) is 39.7 Å². The first-order chi connectivity index (χ1) is 15.6. The molecular formula is C27H21NO4. The number of imide groups is 1. The molecule has 0 unspecified atom stereocenters. The lowest BCUT2D eigenvalue weighted by Gasteiger charge is -2.45. The predicted molar refractivity (Wildman–Crippen MR) is 117 cm³/mol. The number of likely N-dealkylation sites (tertiary alicyclic amines) is 1. The molecule has 3 aromatic rings. The van der Waals surface area contributed by atoms with Gasteiger partial charge in [0.05, 0.1) is 11.8 Å². The standard InChI is InChI=1S/C27H21NO4/c29-21(32-15-16-8-2-1-3-9-16)14-28-26(30)24-22-17-10-4-5-11-18(17)23(25(24)27(28)31)20-13-7-6-12-19(20)22/h1-13,22-25H,14-15H2/t22?,23?,24-,25-/m1/s1. The van der Waals surface area contributed by atoms with Crippen molar-refractivity contribution in [2.24, 2.45) is 11.8 Å². The van der Waals surface area contributed by atoms with Crippen LogP contribution in [0.25, 0.3) is 0 Å². The highest BCUT2D eigenvalue weighted by molar-refractivity contribution is 6.09. The maximum Gasteiger partial charge on any atom is 0.326 e. The molecule has 32 heavy (non-hydrogen) atoms. The van der Waals surface area contributed by atoms with Crippen LogP contribution in [0.3, 0.4) is 0 Å². The molecule has 2 bridgehead atoms. The SMILES string of the molecule is O=C(CN1C(=O)[C@@H]2C3c4ccccc4C(c4ccccc43)[C@H]2C1=O)OCc1ccccc1. The minimum absolute atomic E-state index is 0.116. The Labute approximate surface area is 185 Å². The van der Waals surface area contributed by atoms with E-state index < -0.39 is 17.8 Å². The van der Waals surface area contributed by atoms with Crippen molar-refractivity contribution in [3.8, 4) is 0 Å². The highest BCUT2D eigenvalue weighted by Gasteiger charge is 2.61. The molecule has 7 rings (SSSR count). The molecule has 5 heteroatoms. The van der Waals surface area contributed by atoms with Crippen molar-refractivity contribution < 1.29 is 19.1 Å². The molecular weight excluding hydrogens is 402 g/mol. The smallest absolute Gasteiger partial charge is 0.326 e. The first kappa shape index (κ1) is 19.0. The number of carbonyl (C=O) groups is 3. The van der Waals surface area contributed by atoms with Crippen molar-refractivity contribution in [1.29, 1.82) is 0 Å². The molecule has 3 aliphatic carbocycles. The lowest BCUT2D eigenvalue weighted by molar-refractivity contribution is -0.153. The van der Waals surface area contributed by atoms with Crippen LogP contribution in [0.15, 0.2) is 78.9 Å². The molecule has 1 aliphatic heterocycles. The molecule has 158 valence electrons. The summed E-state index contributed by atoms with van der Waals surface area (Å²) < 4.78 is 5.35. The largest absolute Gasteiger partial charge is 0.459 e. The Morgan fingerprint density at radius 1 is 0.688 bits per heavy atom. The summed E-state index contributed by atoms with van der Waals surface area (Å²) in [6.07, 6.45) is 0. The van der Waals surface area contributed by atoms with Gasteiger partial charge in [0.2, 0.25) is 11.8 Å². The number of rotatable bonds is 4. The average Bonchev–Trinajstić information content (AvgIpc) is 3.09. The van der Waals surface area contributed by atoms with Crippen LogP contribution in [0.5, 0.6) is 0 Å². The van der Waals surface area contributed by atoms with Crippen molar-refractivity contribution in [3.05, 3.63) is 107 Å². The number of amides is 2. The quantitative estimate of drug-likeness (QED) is 0.475. The van der Waals surface area contributed by atoms with Crippen LogP contribution in [0.4, 0.5) is 0 Å². The predicted octanol–water partition coefficient (Wildman–Crippen LogP) is 3.62. The van der Waals surface area contributed by atoms with Gasteiger partial charge in [-0.15, -0.1) is 0 Å². The number of carbonyl (C=O) groups excluding carboxylic acids is 3. The van der Waals surface area contributed by atoms with Gasteiger partial charge in [-0.25, -0.2) is 0 Å². The number of esters is 1. The van der Waals surface area contributed by atoms with E-state index in [9.17, 15) is 14.4 Å². The average molecular weight is 423 g/mol. The normalized spacial score (nSPS) is 24.7. The fourth-order valence-corrected chi connectivity index (χ4v) is 5.81. The number of benzene rings is 3. The van der Waals surface area contributed by atoms with Crippen LogP contribution in [-0.2, 0) is 25.7 Å². The number of ether oxygens (including phenoxy) is 1. The van der Waals surface area contributed by atoms with E-state index in [4.69, 9.17) is 4.74 Å². The Morgan fingerprint density at radius 3 is 1.59 bits per heavy atom. The fourth-order valence-electron chi connectivity index (χ4n) is 5.81. The lowest BCUT2D eigenvalue weighted by atomic mass is 9.55. The van der Waals surface area contributed by atoms with Crippen LogP contribution >= 0.6 is 0 Å². The molecule has 2 atom stereocenters. The van der Waals surface area contributed by atoms with Gasteiger partial charge in [-0.05, 0) is 27.8 Å². The first-order valence-electron chi connectivity index (χ1n) is 10.9. The Bertz CT molecular complexity index is 1140. The van der Waals surface area contributed by atoms with Gasteiger partial charge in [0.15, 0.2) is 0 Å². The first-order valence-corrected chi connectivity index (χ1v) is 10.9. The molecule has 0 saturated carbocycles. The van der Waals surface area contributed by atoms with Crippen molar-refractivity contribution in [2.45, 2.75) is 18.4 Å². The molecule has 0 radical (unpaired) electrons. The lowest BCUT2D eigenvalue weighted by Crippen LogP contribution is -2.41. The molecule has 1 heterocycles. The van der Waals surface area contributed by atoms with E-state index in [1.165, 1.54) is 0 Å². The molecule has 0 aromatic heterocycles. The van der Waals surface area contributed by atoms with Crippen molar-refractivity contribution in [3.63, 3.8) is 0 Å². The maximum atomic E-state index is 13.5. The Morgan fingerprint density at radius 2 is 1.12 bits per heavy atom. The second-order valence-electron chi connectivity index (χ2n) is 8.67.